The first kappa shape index (κ1) is 15.6. The Morgan fingerprint density at radius 1 is 1.04 bits per heavy atom. The van der Waals surface area contributed by atoms with Crippen LogP contribution < -0.4 is 4.90 Å². The number of hydrogen-bond acceptors (Lipinski definition) is 3. The zero-order chi connectivity index (χ0) is 16.6. The number of anilines is 1. The second-order valence-electron chi connectivity index (χ2n) is 5.29. The minimum absolute atomic E-state index is 0.0948. The average molecular weight is 329 g/mol. The lowest BCUT2D eigenvalue weighted by Crippen LogP contribution is -2.24. The Bertz CT molecular complexity index is 679. The molecule has 1 aromatic carbocycles. The lowest BCUT2D eigenvalue weighted by molar-refractivity contribution is -0.137. The second-order valence-corrected chi connectivity index (χ2v) is 5.29. The summed E-state index contributed by atoms with van der Waals surface area (Å²) < 4.78 is 64.3. The van der Waals surface area contributed by atoms with Crippen LogP contribution in [0.1, 0.15) is 30.0 Å². The standard InChI is InChI=1S/C15H12F5N3/c16-12-8-13(22-14(17)21-12)23-7-1-2-11(23)9-3-5-10(6-4-9)15(18,19)20/h3-6,8,11H,1-2,7H2. The third-order valence-electron chi connectivity index (χ3n) is 3.82. The molecule has 0 spiro atoms. The van der Waals surface area contributed by atoms with Crippen molar-refractivity contribution in [2.75, 3.05) is 11.4 Å². The van der Waals surface area contributed by atoms with Crippen LogP contribution in [-0.2, 0) is 6.18 Å². The minimum Gasteiger partial charge on any atom is -0.349 e. The maximum atomic E-state index is 13.3. The minimum atomic E-state index is -4.40. The van der Waals surface area contributed by atoms with Gasteiger partial charge in [-0.05, 0) is 30.5 Å². The number of halogens is 5. The first-order valence-corrected chi connectivity index (χ1v) is 6.98. The van der Waals surface area contributed by atoms with Crippen molar-refractivity contribution < 1.29 is 22.0 Å². The number of benzene rings is 1. The Balaban J connectivity index is 1.89. The molecule has 8 heteroatoms. The van der Waals surface area contributed by atoms with Crippen LogP contribution >= 0.6 is 0 Å². The van der Waals surface area contributed by atoms with Crippen LogP contribution in [0.15, 0.2) is 30.3 Å². The van der Waals surface area contributed by atoms with Gasteiger partial charge in [0.15, 0.2) is 0 Å². The van der Waals surface area contributed by atoms with Crippen LogP contribution in [0.3, 0.4) is 0 Å². The fourth-order valence-electron chi connectivity index (χ4n) is 2.81. The summed E-state index contributed by atoms with van der Waals surface area (Å²) in [6.07, 6.45) is -4.15. The van der Waals surface area contributed by atoms with E-state index in [1.54, 1.807) is 4.90 Å². The van der Waals surface area contributed by atoms with Gasteiger partial charge in [0.1, 0.15) is 5.82 Å². The summed E-state index contributed by atoms with van der Waals surface area (Å²) in [6.45, 7) is 0.515. The molecule has 1 atom stereocenters. The van der Waals surface area contributed by atoms with E-state index in [1.165, 1.54) is 12.1 Å². The van der Waals surface area contributed by atoms with Crippen molar-refractivity contribution in [3.05, 3.63) is 53.5 Å². The number of hydrogen-bond donors (Lipinski definition) is 0. The molecule has 0 aliphatic carbocycles. The maximum absolute atomic E-state index is 13.3. The molecule has 2 aromatic rings. The molecule has 0 bridgehead atoms. The smallest absolute Gasteiger partial charge is 0.349 e. The molecule has 0 saturated carbocycles. The molecule has 1 aliphatic rings. The average Bonchev–Trinajstić information content (AvgIpc) is 2.95. The van der Waals surface area contributed by atoms with E-state index >= 15 is 0 Å². The topological polar surface area (TPSA) is 29.0 Å². The first-order chi connectivity index (χ1) is 10.8. The van der Waals surface area contributed by atoms with Gasteiger partial charge in [0.25, 0.3) is 0 Å². The van der Waals surface area contributed by atoms with E-state index in [2.05, 4.69) is 9.97 Å². The molecular formula is C15H12F5N3. The molecular weight excluding hydrogens is 317 g/mol. The van der Waals surface area contributed by atoms with Crippen LogP contribution in [0.25, 0.3) is 0 Å². The molecule has 1 aliphatic heterocycles. The lowest BCUT2D eigenvalue weighted by Gasteiger charge is -2.26. The predicted octanol–water partition coefficient (Wildman–Crippen LogP) is 4.12. The number of aromatic nitrogens is 2. The fourth-order valence-corrected chi connectivity index (χ4v) is 2.81. The summed E-state index contributed by atoms with van der Waals surface area (Å²) in [4.78, 5) is 8.20. The van der Waals surface area contributed by atoms with Gasteiger partial charge in [-0.25, -0.2) is 0 Å². The van der Waals surface area contributed by atoms with Crippen molar-refractivity contribution in [2.24, 2.45) is 0 Å². The number of alkyl halides is 3. The first-order valence-electron chi connectivity index (χ1n) is 6.98. The Morgan fingerprint density at radius 3 is 2.35 bits per heavy atom. The fraction of sp³-hybridized carbons (Fsp3) is 0.333. The number of rotatable bonds is 2. The van der Waals surface area contributed by atoms with E-state index in [4.69, 9.17) is 0 Å². The molecule has 23 heavy (non-hydrogen) atoms. The molecule has 3 nitrogen and oxygen atoms in total. The Kier molecular flexibility index (Phi) is 3.91. The van der Waals surface area contributed by atoms with E-state index in [-0.39, 0.29) is 11.9 Å². The van der Waals surface area contributed by atoms with Crippen LogP contribution in [-0.4, -0.2) is 16.5 Å². The quantitative estimate of drug-likeness (QED) is 0.472. The monoisotopic (exact) mass is 329 g/mol. The molecule has 1 saturated heterocycles. The van der Waals surface area contributed by atoms with Gasteiger partial charge in [-0.1, -0.05) is 12.1 Å². The van der Waals surface area contributed by atoms with Crippen molar-refractivity contribution in [1.29, 1.82) is 0 Å². The zero-order valence-electron chi connectivity index (χ0n) is 11.8. The van der Waals surface area contributed by atoms with Crippen LogP contribution in [0.5, 0.6) is 0 Å². The highest BCUT2D eigenvalue weighted by Gasteiger charge is 2.32. The van der Waals surface area contributed by atoms with Crippen molar-refractivity contribution in [3.8, 4) is 0 Å². The van der Waals surface area contributed by atoms with Gasteiger partial charge < -0.3 is 4.90 Å². The summed E-state index contributed by atoms with van der Waals surface area (Å²) in [5.74, 6) is -0.886. The molecule has 3 rings (SSSR count). The highest BCUT2D eigenvalue weighted by Crippen LogP contribution is 2.37. The Morgan fingerprint density at radius 2 is 1.74 bits per heavy atom. The molecule has 0 amide bonds. The molecule has 0 N–H and O–H groups in total. The van der Waals surface area contributed by atoms with E-state index < -0.39 is 23.8 Å². The highest BCUT2D eigenvalue weighted by molar-refractivity contribution is 5.43. The van der Waals surface area contributed by atoms with Gasteiger partial charge in [-0.2, -0.15) is 31.9 Å². The van der Waals surface area contributed by atoms with Crippen LogP contribution in [0.4, 0.5) is 27.8 Å². The van der Waals surface area contributed by atoms with E-state index in [1.807, 2.05) is 0 Å². The van der Waals surface area contributed by atoms with Crippen LogP contribution in [0, 0.1) is 12.0 Å². The summed E-state index contributed by atoms with van der Waals surface area (Å²) in [5, 5.41) is 0. The molecule has 0 radical (unpaired) electrons. The summed E-state index contributed by atoms with van der Waals surface area (Å²) in [5.41, 5.74) is -0.0835. The largest absolute Gasteiger partial charge is 0.416 e. The molecule has 1 fully saturated rings. The van der Waals surface area contributed by atoms with Gasteiger partial charge in [-0.3, -0.25) is 0 Å². The van der Waals surface area contributed by atoms with Gasteiger partial charge in [0, 0.05) is 12.6 Å². The number of nitrogens with zero attached hydrogens (tertiary/aromatic N) is 3. The normalized spacial score (nSPS) is 18.5. The summed E-state index contributed by atoms with van der Waals surface area (Å²) >= 11 is 0. The van der Waals surface area contributed by atoms with Crippen molar-refractivity contribution in [2.45, 2.75) is 25.1 Å². The van der Waals surface area contributed by atoms with Crippen molar-refractivity contribution >= 4 is 5.82 Å². The van der Waals surface area contributed by atoms with Gasteiger partial charge in [-0.15, -0.1) is 0 Å². The SMILES string of the molecule is Fc1cc(N2CCCC2c2ccc(C(F)(F)F)cc2)nc(F)n1. The predicted molar refractivity (Wildman–Crippen MR) is 72.7 cm³/mol. The third kappa shape index (κ3) is 3.25. The van der Waals surface area contributed by atoms with Gasteiger partial charge >= 0.3 is 12.3 Å². The maximum Gasteiger partial charge on any atom is 0.416 e. The van der Waals surface area contributed by atoms with Gasteiger partial charge in [0.2, 0.25) is 5.95 Å². The third-order valence-corrected chi connectivity index (χ3v) is 3.82. The molecule has 1 aromatic heterocycles. The van der Waals surface area contributed by atoms with E-state index in [9.17, 15) is 22.0 Å². The molecule has 2 heterocycles. The van der Waals surface area contributed by atoms with Crippen molar-refractivity contribution in [3.63, 3.8) is 0 Å². The summed E-state index contributed by atoms with van der Waals surface area (Å²) in [7, 11) is 0. The van der Waals surface area contributed by atoms with E-state index in [0.29, 0.717) is 18.5 Å². The highest BCUT2D eigenvalue weighted by atomic mass is 19.4. The van der Waals surface area contributed by atoms with Crippen LogP contribution in [0.2, 0.25) is 0 Å². The second kappa shape index (κ2) is 5.75. The Labute approximate surface area is 128 Å². The Hall–Kier alpha value is -2.25. The summed E-state index contributed by atoms with van der Waals surface area (Å²) in [6, 6.07) is 5.54. The molecule has 122 valence electrons. The zero-order valence-corrected chi connectivity index (χ0v) is 11.8. The molecule has 1 unspecified atom stereocenters. The lowest BCUT2D eigenvalue weighted by atomic mass is 10.0. The van der Waals surface area contributed by atoms with Crippen molar-refractivity contribution in [1.82, 2.24) is 9.97 Å². The van der Waals surface area contributed by atoms with E-state index in [0.717, 1.165) is 24.6 Å². The van der Waals surface area contributed by atoms with Gasteiger partial charge in [0.05, 0.1) is 11.6 Å².